The third-order valence-electron chi connectivity index (χ3n) is 2.35. The Hall–Kier alpha value is -1.88. The molecule has 0 saturated heterocycles. The first kappa shape index (κ1) is 11.6. The van der Waals surface area contributed by atoms with Gasteiger partial charge in [0.1, 0.15) is 5.82 Å². The minimum absolute atomic E-state index is 0.222. The Morgan fingerprint density at radius 3 is 2.65 bits per heavy atom. The van der Waals surface area contributed by atoms with Crippen molar-refractivity contribution in [1.82, 2.24) is 4.98 Å². The van der Waals surface area contributed by atoms with Gasteiger partial charge in [-0.2, -0.15) is 4.98 Å². The molecule has 1 aromatic heterocycles. The van der Waals surface area contributed by atoms with Crippen molar-refractivity contribution in [2.45, 2.75) is 13.0 Å². The molecule has 2 aromatic rings. The van der Waals surface area contributed by atoms with E-state index >= 15 is 0 Å². The first-order valence-corrected chi connectivity index (χ1v) is 5.20. The zero-order valence-corrected chi connectivity index (χ0v) is 9.44. The van der Waals surface area contributed by atoms with Crippen molar-refractivity contribution in [1.29, 1.82) is 0 Å². The standard InChI is InChI=1S/C12H13FN2O2/c1-16-12-10(17-11(7-14)15-12)6-8-2-4-9(13)5-3-8/h2-5H,6-7,14H2,1H3. The average Bonchev–Trinajstić information content (AvgIpc) is 2.74. The Kier molecular flexibility index (Phi) is 3.39. The fourth-order valence-corrected chi connectivity index (χ4v) is 1.53. The molecule has 5 heteroatoms. The number of aromatic nitrogens is 1. The van der Waals surface area contributed by atoms with Gasteiger partial charge in [0, 0.05) is 6.42 Å². The SMILES string of the molecule is COc1nc(CN)oc1Cc1ccc(F)cc1. The molecule has 0 amide bonds. The van der Waals surface area contributed by atoms with E-state index in [0.717, 1.165) is 5.56 Å². The number of ether oxygens (including phenoxy) is 1. The second kappa shape index (κ2) is 4.97. The predicted octanol–water partition coefficient (Wildman–Crippen LogP) is 1.87. The number of rotatable bonds is 4. The zero-order valence-electron chi connectivity index (χ0n) is 9.44. The van der Waals surface area contributed by atoms with Gasteiger partial charge >= 0.3 is 0 Å². The van der Waals surface area contributed by atoms with Crippen LogP contribution in [0.2, 0.25) is 0 Å². The van der Waals surface area contributed by atoms with Gasteiger partial charge < -0.3 is 14.9 Å². The number of hydrogen-bond donors (Lipinski definition) is 1. The molecule has 1 heterocycles. The van der Waals surface area contributed by atoms with Gasteiger partial charge in [0.25, 0.3) is 5.88 Å². The van der Waals surface area contributed by atoms with Crippen LogP contribution in [0.1, 0.15) is 17.2 Å². The third kappa shape index (κ3) is 2.62. The molecule has 0 spiro atoms. The lowest BCUT2D eigenvalue weighted by molar-refractivity contribution is 0.384. The molecule has 90 valence electrons. The molecule has 0 fully saturated rings. The molecular weight excluding hydrogens is 223 g/mol. The average molecular weight is 236 g/mol. The molecule has 0 aliphatic rings. The minimum Gasteiger partial charge on any atom is -0.479 e. The molecule has 0 unspecified atom stereocenters. The van der Waals surface area contributed by atoms with Gasteiger partial charge in [-0.3, -0.25) is 0 Å². The van der Waals surface area contributed by atoms with Crippen LogP contribution < -0.4 is 10.5 Å². The summed E-state index contributed by atoms with van der Waals surface area (Å²) in [6, 6.07) is 6.20. The Balaban J connectivity index is 2.22. The molecule has 2 rings (SSSR count). The largest absolute Gasteiger partial charge is 0.479 e. The summed E-state index contributed by atoms with van der Waals surface area (Å²) in [6.45, 7) is 0.222. The fraction of sp³-hybridized carbons (Fsp3) is 0.250. The van der Waals surface area contributed by atoms with Crippen molar-refractivity contribution in [2.75, 3.05) is 7.11 Å². The zero-order chi connectivity index (χ0) is 12.3. The lowest BCUT2D eigenvalue weighted by atomic mass is 10.1. The van der Waals surface area contributed by atoms with Crippen LogP contribution in [0.15, 0.2) is 28.7 Å². The van der Waals surface area contributed by atoms with E-state index in [2.05, 4.69) is 4.98 Å². The minimum atomic E-state index is -0.263. The van der Waals surface area contributed by atoms with Crippen molar-refractivity contribution in [2.24, 2.45) is 5.73 Å². The van der Waals surface area contributed by atoms with Gasteiger partial charge in [0.05, 0.1) is 13.7 Å². The fourth-order valence-electron chi connectivity index (χ4n) is 1.53. The summed E-state index contributed by atoms with van der Waals surface area (Å²) in [5.41, 5.74) is 6.36. The number of methoxy groups -OCH3 is 1. The predicted molar refractivity (Wildman–Crippen MR) is 60.2 cm³/mol. The number of benzene rings is 1. The maximum absolute atomic E-state index is 12.8. The summed E-state index contributed by atoms with van der Waals surface area (Å²) in [5.74, 6) is 1.19. The summed E-state index contributed by atoms with van der Waals surface area (Å²) in [7, 11) is 1.52. The molecule has 0 atom stereocenters. The monoisotopic (exact) mass is 236 g/mol. The van der Waals surface area contributed by atoms with Gasteiger partial charge in [0.15, 0.2) is 5.76 Å². The number of hydrogen-bond acceptors (Lipinski definition) is 4. The van der Waals surface area contributed by atoms with E-state index in [1.165, 1.54) is 19.2 Å². The Morgan fingerprint density at radius 1 is 1.35 bits per heavy atom. The first-order valence-electron chi connectivity index (χ1n) is 5.20. The number of nitrogens with two attached hydrogens (primary N) is 1. The third-order valence-corrected chi connectivity index (χ3v) is 2.35. The van der Waals surface area contributed by atoms with Crippen LogP contribution in [0, 0.1) is 5.82 Å². The Morgan fingerprint density at radius 2 is 2.06 bits per heavy atom. The second-order valence-electron chi connectivity index (χ2n) is 3.55. The van der Waals surface area contributed by atoms with Crippen molar-refractivity contribution in [3.8, 4) is 5.88 Å². The molecule has 0 radical (unpaired) electrons. The summed E-state index contributed by atoms with van der Waals surface area (Å²) in [6.07, 6.45) is 0.496. The van der Waals surface area contributed by atoms with Crippen molar-refractivity contribution in [3.05, 3.63) is 47.3 Å². The molecule has 17 heavy (non-hydrogen) atoms. The van der Waals surface area contributed by atoms with Crippen molar-refractivity contribution >= 4 is 0 Å². The van der Waals surface area contributed by atoms with E-state index in [9.17, 15) is 4.39 Å². The van der Waals surface area contributed by atoms with Crippen LogP contribution in [-0.4, -0.2) is 12.1 Å². The van der Waals surface area contributed by atoms with Crippen LogP contribution in [-0.2, 0) is 13.0 Å². The van der Waals surface area contributed by atoms with E-state index < -0.39 is 0 Å². The lowest BCUT2D eigenvalue weighted by Gasteiger charge is -2.00. The normalized spacial score (nSPS) is 10.5. The summed E-state index contributed by atoms with van der Waals surface area (Å²) < 4.78 is 23.3. The second-order valence-corrected chi connectivity index (χ2v) is 3.55. The highest BCUT2D eigenvalue weighted by Gasteiger charge is 2.13. The topological polar surface area (TPSA) is 61.3 Å². The number of nitrogens with zero attached hydrogens (tertiary/aromatic N) is 1. The molecule has 0 aliphatic heterocycles. The van der Waals surface area contributed by atoms with Crippen LogP contribution >= 0.6 is 0 Å². The molecule has 4 nitrogen and oxygen atoms in total. The quantitative estimate of drug-likeness (QED) is 0.880. The highest BCUT2D eigenvalue weighted by Crippen LogP contribution is 2.22. The highest BCUT2D eigenvalue weighted by molar-refractivity contribution is 5.26. The molecular formula is C12H13FN2O2. The lowest BCUT2D eigenvalue weighted by Crippen LogP contribution is -1.95. The smallest absolute Gasteiger partial charge is 0.256 e. The van der Waals surface area contributed by atoms with E-state index in [4.69, 9.17) is 14.9 Å². The van der Waals surface area contributed by atoms with Gasteiger partial charge in [0.2, 0.25) is 5.89 Å². The summed E-state index contributed by atoms with van der Waals surface area (Å²) in [4.78, 5) is 4.07. The molecule has 0 bridgehead atoms. The van der Waals surface area contributed by atoms with E-state index in [0.29, 0.717) is 24.0 Å². The van der Waals surface area contributed by atoms with Gasteiger partial charge in [-0.25, -0.2) is 4.39 Å². The van der Waals surface area contributed by atoms with Crippen molar-refractivity contribution in [3.63, 3.8) is 0 Å². The maximum atomic E-state index is 12.8. The highest BCUT2D eigenvalue weighted by atomic mass is 19.1. The van der Waals surface area contributed by atoms with Crippen LogP contribution in [0.25, 0.3) is 0 Å². The van der Waals surface area contributed by atoms with Crippen molar-refractivity contribution < 1.29 is 13.5 Å². The molecule has 0 aliphatic carbocycles. The van der Waals surface area contributed by atoms with E-state index in [-0.39, 0.29) is 12.4 Å². The van der Waals surface area contributed by atoms with Crippen LogP contribution in [0.5, 0.6) is 5.88 Å². The molecule has 0 saturated carbocycles. The number of halogens is 1. The Labute approximate surface area is 98.2 Å². The van der Waals surface area contributed by atoms with Gasteiger partial charge in [-0.05, 0) is 17.7 Å². The van der Waals surface area contributed by atoms with E-state index in [1.54, 1.807) is 12.1 Å². The van der Waals surface area contributed by atoms with Gasteiger partial charge in [-0.15, -0.1) is 0 Å². The van der Waals surface area contributed by atoms with Crippen LogP contribution in [0.3, 0.4) is 0 Å². The molecule has 2 N–H and O–H groups in total. The number of oxazole rings is 1. The van der Waals surface area contributed by atoms with E-state index in [1.807, 2.05) is 0 Å². The van der Waals surface area contributed by atoms with Crippen LogP contribution in [0.4, 0.5) is 4.39 Å². The maximum Gasteiger partial charge on any atom is 0.256 e. The molecule has 1 aromatic carbocycles. The first-order chi connectivity index (χ1) is 8.22. The van der Waals surface area contributed by atoms with Gasteiger partial charge in [-0.1, -0.05) is 12.1 Å². The Bertz CT molecular complexity index is 494. The summed E-state index contributed by atoms with van der Waals surface area (Å²) >= 11 is 0. The summed E-state index contributed by atoms with van der Waals surface area (Å²) in [5, 5.41) is 0.